The number of benzene rings is 1. The number of H-pyrrole nitrogens is 1. The van der Waals surface area contributed by atoms with E-state index in [4.69, 9.17) is 0 Å². The van der Waals surface area contributed by atoms with Gasteiger partial charge in [0.05, 0.1) is 17.6 Å². The number of aromatic nitrogens is 2. The second kappa shape index (κ2) is 6.78. The average molecular weight is 332 g/mol. The fourth-order valence-electron chi connectivity index (χ4n) is 2.64. The zero-order valence-electron chi connectivity index (χ0n) is 13.6. The molecule has 0 aliphatic heterocycles. The van der Waals surface area contributed by atoms with Crippen molar-refractivity contribution >= 4 is 22.4 Å². The summed E-state index contributed by atoms with van der Waals surface area (Å²) in [6.07, 6.45) is 0. The summed E-state index contributed by atoms with van der Waals surface area (Å²) in [5, 5.41) is 2.22. The zero-order valence-corrected chi connectivity index (χ0v) is 14.5. The highest BCUT2D eigenvalue weighted by Crippen LogP contribution is 2.19. The molecule has 2 aromatic heterocycles. The van der Waals surface area contributed by atoms with E-state index in [-0.39, 0.29) is 5.82 Å². The summed E-state index contributed by atoms with van der Waals surface area (Å²) in [7, 11) is 6.22. The Kier molecular flexibility index (Phi) is 4.75. The Balaban J connectivity index is 1.63. The van der Waals surface area contributed by atoms with E-state index in [2.05, 4.69) is 52.4 Å². The van der Waals surface area contributed by atoms with Crippen LogP contribution in [0.15, 0.2) is 29.6 Å². The number of hydrogen-bond acceptors (Lipinski definition) is 4. The molecule has 23 heavy (non-hydrogen) atoms. The van der Waals surface area contributed by atoms with E-state index < -0.39 is 0 Å². The predicted octanol–water partition coefficient (Wildman–Crippen LogP) is 3.46. The SMILES string of the molecule is CN(C)Cc1csc(CN(C)Cc2nc3ccc(F)cc3[nH]2)c1. The maximum atomic E-state index is 13.2. The maximum absolute atomic E-state index is 13.2. The Morgan fingerprint density at radius 2 is 1.96 bits per heavy atom. The first-order valence-electron chi connectivity index (χ1n) is 7.53. The van der Waals surface area contributed by atoms with Crippen LogP contribution in [-0.4, -0.2) is 40.9 Å². The molecule has 0 atom stereocenters. The van der Waals surface area contributed by atoms with Crippen molar-refractivity contribution in [2.75, 3.05) is 21.1 Å². The molecule has 2 heterocycles. The van der Waals surface area contributed by atoms with Gasteiger partial charge in [0.25, 0.3) is 0 Å². The molecule has 6 heteroatoms. The Labute approximate surface area is 139 Å². The molecule has 1 aromatic carbocycles. The van der Waals surface area contributed by atoms with Crippen molar-refractivity contribution in [3.63, 3.8) is 0 Å². The minimum atomic E-state index is -0.243. The Morgan fingerprint density at radius 1 is 1.13 bits per heavy atom. The predicted molar refractivity (Wildman–Crippen MR) is 92.9 cm³/mol. The molecule has 0 amide bonds. The Morgan fingerprint density at radius 3 is 2.74 bits per heavy atom. The normalized spacial score (nSPS) is 11.9. The summed E-state index contributed by atoms with van der Waals surface area (Å²) in [6.45, 7) is 2.55. The van der Waals surface area contributed by atoms with Gasteiger partial charge in [0.15, 0.2) is 0 Å². The van der Waals surface area contributed by atoms with Gasteiger partial charge in [-0.05, 0) is 56.4 Å². The Hall–Kier alpha value is -1.76. The molecule has 0 aliphatic rings. The van der Waals surface area contributed by atoms with Gasteiger partial charge in [0, 0.05) is 18.0 Å². The molecule has 1 N–H and O–H groups in total. The summed E-state index contributed by atoms with van der Waals surface area (Å²) < 4.78 is 13.2. The molecule has 4 nitrogen and oxygen atoms in total. The number of nitrogens with one attached hydrogen (secondary N) is 1. The van der Waals surface area contributed by atoms with Crippen molar-refractivity contribution in [2.45, 2.75) is 19.6 Å². The summed E-state index contributed by atoms with van der Waals surface area (Å²) >= 11 is 1.79. The number of fused-ring (bicyclic) bond motifs is 1. The van der Waals surface area contributed by atoms with Crippen LogP contribution in [0.25, 0.3) is 11.0 Å². The molecule has 0 unspecified atom stereocenters. The lowest BCUT2D eigenvalue weighted by atomic mass is 10.3. The maximum Gasteiger partial charge on any atom is 0.125 e. The van der Waals surface area contributed by atoms with Gasteiger partial charge < -0.3 is 9.88 Å². The first-order chi connectivity index (χ1) is 11.0. The van der Waals surface area contributed by atoms with Gasteiger partial charge in [0.1, 0.15) is 11.6 Å². The van der Waals surface area contributed by atoms with Crippen LogP contribution in [0.3, 0.4) is 0 Å². The number of thiophene rings is 1. The Bertz CT molecular complexity index is 793. The van der Waals surface area contributed by atoms with Gasteiger partial charge in [-0.15, -0.1) is 11.3 Å². The second-order valence-corrected chi connectivity index (χ2v) is 7.17. The topological polar surface area (TPSA) is 35.2 Å². The molecule has 0 aliphatic carbocycles. The molecule has 0 saturated carbocycles. The van der Waals surface area contributed by atoms with Crippen LogP contribution in [0.5, 0.6) is 0 Å². The zero-order chi connectivity index (χ0) is 16.4. The highest BCUT2D eigenvalue weighted by atomic mass is 32.1. The molecule has 122 valence electrons. The van der Waals surface area contributed by atoms with Crippen LogP contribution in [0.4, 0.5) is 4.39 Å². The van der Waals surface area contributed by atoms with E-state index in [1.165, 1.54) is 22.6 Å². The van der Waals surface area contributed by atoms with Gasteiger partial charge >= 0.3 is 0 Å². The van der Waals surface area contributed by atoms with Gasteiger partial charge in [-0.3, -0.25) is 4.90 Å². The first kappa shape index (κ1) is 16.1. The lowest BCUT2D eigenvalue weighted by Crippen LogP contribution is -2.17. The fraction of sp³-hybridized carbons (Fsp3) is 0.353. The standard InChI is InChI=1S/C17H21FN4S/c1-21(2)8-12-6-14(23-11-12)9-22(3)10-17-19-15-5-4-13(18)7-16(15)20-17/h4-7,11H,8-10H2,1-3H3,(H,19,20). The van der Waals surface area contributed by atoms with E-state index in [1.54, 1.807) is 17.4 Å². The first-order valence-corrected chi connectivity index (χ1v) is 8.41. The van der Waals surface area contributed by atoms with Gasteiger partial charge in [-0.1, -0.05) is 0 Å². The summed E-state index contributed by atoms with van der Waals surface area (Å²) in [5.41, 5.74) is 2.90. The van der Waals surface area contributed by atoms with E-state index >= 15 is 0 Å². The van der Waals surface area contributed by atoms with Crippen molar-refractivity contribution in [1.82, 2.24) is 19.8 Å². The number of hydrogen-bond donors (Lipinski definition) is 1. The van der Waals surface area contributed by atoms with Crippen LogP contribution in [0, 0.1) is 5.82 Å². The number of rotatable bonds is 6. The van der Waals surface area contributed by atoms with Crippen molar-refractivity contribution in [2.24, 2.45) is 0 Å². The second-order valence-electron chi connectivity index (χ2n) is 6.18. The van der Waals surface area contributed by atoms with Crippen molar-refractivity contribution in [3.05, 3.63) is 51.7 Å². The van der Waals surface area contributed by atoms with Crippen LogP contribution >= 0.6 is 11.3 Å². The molecular formula is C17H21FN4S. The number of aromatic amines is 1. The quantitative estimate of drug-likeness (QED) is 0.751. The number of nitrogens with zero attached hydrogens (tertiary/aromatic N) is 3. The van der Waals surface area contributed by atoms with Crippen LogP contribution in [0.1, 0.15) is 16.3 Å². The van der Waals surface area contributed by atoms with Crippen LogP contribution in [0.2, 0.25) is 0 Å². The fourth-order valence-corrected chi connectivity index (χ4v) is 3.60. The monoisotopic (exact) mass is 332 g/mol. The van der Waals surface area contributed by atoms with Crippen molar-refractivity contribution in [1.29, 1.82) is 0 Å². The van der Waals surface area contributed by atoms with E-state index in [1.807, 2.05) is 0 Å². The van der Waals surface area contributed by atoms with Gasteiger partial charge in [-0.25, -0.2) is 9.37 Å². The number of halogens is 1. The average Bonchev–Trinajstić information content (AvgIpc) is 3.03. The third-order valence-electron chi connectivity index (χ3n) is 3.55. The summed E-state index contributed by atoms with van der Waals surface area (Å²) in [5.74, 6) is 0.617. The van der Waals surface area contributed by atoms with Gasteiger partial charge in [-0.2, -0.15) is 0 Å². The minimum Gasteiger partial charge on any atom is -0.341 e. The highest BCUT2D eigenvalue weighted by Gasteiger charge is 2.09. The third-order valence-corrected chi connectivity index (χ3v) is 4.52. The number of imidazole rings is 1. The van der Waals surface area contributed by atoms with Crippen molar-refractivity contribution in [3.8, 4) is 0 Å². The lowest BCUT2D eigenvalue weighted by Gasteiger charge is -2.13. The molecule has 0 radical (unpaired) electrons. The van der Waals surface area contributed by atoms with Crippen LogP contribution < -0.4 is 0 Å². The lowest BCUT2D eigenvalue weighted by molar-refractivity contribution is 0.314. The van der Waals surface area contributed by atoms with Gasteiger partial charge in [0.2, 0.25) is 0 Å². The molecule has 0 saturated heterocycles. The molecular weight excluding hydrogens is 311 g/mol. The highest BCUT2D eigenvalue weighted by molar-refractivity contribution is 7.10. The smallest absolute Gasteiger partial charge is 0.125 e. The molecule has 3 rings (SSSR count). The summed E-state index contributed by atoms with van der Waals surface area (Å²) in [6, 6.07) is 6.89. The van der Waals surface area contributed by atoms with Crippen LogP contribution in [-0.2, 0) is 19.6 Å². The molecule has 0 spiro atoms. The molecule has 3 aromatic rings. The van der Waals surface area contributed by atoms with E-state index in [9.17, 15) is 4.39 Å². The molecule has 0 fully saturated rings. The summed E-state index contributed by atoms with van der Waals surface area (Å²) in [4.78, 5) is 13.4. The molecule has 0 bridgehead atoms. The van der Waals surface area contributed by atoms with E-state index in [0.29, 0.717) is 6.54 Å². The minimum absolute atomic E-state index is 0.243. The largest absolute Gasteiger partial charge is 0.341 e. The van der Waals surface area contributed by atoms with Crippen molar-refractivity contribution < 1.29 is 4.39 Å². The van der Waals surface area contributed by atoms with E-state index in [0.717, 1.165) is 29.9 Å². The third kappa shape index (κ3) is 4.16.